The molecule has 1 aliphatic carbocycles. The summed E-state index contributed by atoms with van der Waals surface area (Å²) in [4.78, 5) is 11.0. The molecule has 0 aliphatic heterocycles. The molecule has 0 spiro atoms. The number of carbonyl (C=O) groups is 1. The molecule has 0 saturated carbocycles. The Morgan fingerprint density at radius 2 is 2.18 bits per heavy atom. The van der Waals surface area contributed by atoms with E-state index < -0.39 is 0 Å². The number of rotatable bonds is 2. The summed E-state index contributed by atoms with van der Waals surface area (Å²) in [6.07, 6.45) is 4.23. The van der Waals surface area contributed by atoms with E-state index in [-0.39, 0.29) is 11.5 Å². The fourth-order valence-corrected chi connectivity index (χ4v) is 1.44. The fraction of sp³-hybridized carbons (Fsp3) is 0.667. The molecule has 0 aromatic rings. The van der Waals surface area contributed by atoms with Crippen LogP contribution in [0.4, 0.5) is 0 Å². The molecule has 0 aromatic carbocycles. The van der Waals surface area contributed by atoms with Gasteiger partial charge in [0.2, 0.25) is 0 Å². The van der Waals surface area contributed by atoms with E-state index in [1.807, 2.05) is 0 Å². The third-order valence-corrected chi connectivity index (χ3v) is 2.03. The van der Waals surface area contributed by atoms with Crippen molar-refractivity contribution in [3.63, 3.8) is 0 Å². The maximum Gasteiger partial charge on any atom is 0.197 e. The highest BCUT2D eigenvalue weighted by atomic mass is 16.3. The van der Waals surface area contributed by atoms with E-state index >= 15 is 0 Å². The molecule has 0 bridgehead atoms. The predicted octanol–water partition coefficient (Wildman–Crippen LogP) is 2.35. The standard InChI is InChI=1S/C9H14O2/c1-2-4-7-5-3-6-8(10)9(7)11/h11H,2-6H2,1H3. The van der Waals surface area contributed by atoms with Gasteiger partial charge in [-0.1, -0.05) is 13.3 Å². The molecule has 0 radical (unpaired) electrons. The van der Waals surface area contributed by atoms with Crippen LogP contribution < -0.4 is 0 Å². The largest absolute Gasteiger partial charge is 0.504 e. The van der Waals surface area contributed by atoms with Crippen molar-refractivity contribution >= 4 is 5.78 Å². The van der Waals surface area contributed by atoms with Crippen molar-refractivity contribution < 1.29 is 9.90 Å². The third kappa shape index (κ3) is 1.82. The van der Waals surface area contributed by atoms with Gasteiger partial charge in [-0.3, -0.25) is 4.79 Å². The quantitative estimate of drug-likeness (QED) is 0.662. The number of allylic oxidation sites excluding steroid dienone is 2. The van der Waals surface area contributed by atoms with E-state index in [0.29, 0.717) is 6.42 Å². The Bertz CT molecular complexity index is 192. The lowest BCUT2D eigenvalue weighted by Gasteiger charge is -2.13. The minimum Gasteiger partial charge on any atom is -0.504 e. The first-order valence-electron chi connectivity index (χ1n) is 4.20. The van der Waals surface area contributed by atoms with Crippen molar-refractivity contribution in [3.05, 3.63) is 11.3 Å². The van der Waals surface area contributed by atoms with Crippen LogP contribution in [0.25, 0.3) is 0 Å². The van der Waals surface area contributed by atoms with Crippen LogP contribution in [-0.4, -0.2) is 10.9 Å². The highest BCUT2D eigenvalue weighted by Gasteiger charge is 2.18. The lowest BCUT2D eigenvalue weighted by Crippen LogP contribution is -2.10. The van der Waals surface area contributed by atoms with Crippen molar-refractivity contribution in [1.29, 1.82) is 0 Å². The Hall–Kier alpha value is -0.790. The van der Waals surface area contributed by atoms with Gasteiger partial charge in [0, 0.05) is 6.42 Å². The van der Waals surface area contributed by atoms with Crippen LogP contribution in [0.2, 0.25) is 0 Å². The monoisotopic (exact) mass is 154 g/mol. The molecule has 0 amide bonds. The lowest BCUT2D eigenvalue weighted by molar-refractivity contribution is -0.118. The molecule has 0 saturated heterocycles. The smallest absolute Gasteiger partial charge is 0.197 e. The van der Waals surface area contributed by atoms with E-state index in [9.17, 15) is 9.90 Å². The Labute approximate surface area is 66.9 Å². The van der Waals surface area contributed by atoms with Crippen LogP contribution in [-0.2, 0) is 4.79 Å². The topological polar surface area (TPSA) is 37.3 Å². The summed E-state index contributed by atoms with van der Waals surface area (Å²) in [7, 11) is 0. The van der Waals surface area contributed by atoms with E-state index in [2.05, 4.69) is 6.92 Å². The molecule has 1 rings (SSSR count). The molecule has 1 N–H and O–H groups in total. The van der Waals surface area contributed by atoms with E-state index in [1.54, 1.807) is 0 Å². The zero-order valence-electron chi connectivity index (χ0n) is 6.89. The first-order chi connectivity index (χ1) is 5.25. The second-order valence-electron chi connectivity index (χ2n) is 2.98. The van der Waals surface area contributed by atoms with Gasteiger partial charge in [-0.25, -0.2) is 0 Å². The number of hydrogen-bond acceptors (Lipinski definition) is 2. The lowest BCUT2D eigenvalue weighted by atomic mass is 9.94. The summed E-state index contributed by atoms with van der Waals surface area (Å²) < 4.78 is 0. The van der Waals surface area contributed by atoms with Gasteiger partial charge in [-0.2, -0.15) is 0 Å². The van der Waals surface area contributed by atoms with Crippen molar-refractivity contribution in [2.45, 2.75) is 39.0 Å². The summed E-state index contributed by atoms with van der Waals surface area (Å²) >= 11 is 0. The summed E-state index contributed by atoms with van der Waals surface area (Å²) in [5.41, 5.74) is 0.962. The SMILES string of the molecule is CCCC1=C(O)C(=O)CCC1. The Balaban J connectivity index is 2.71. The van der Waals surface area contributed by atoms with Crippen LogP contribution in [0.5, 0.6) is 0 Å². The van der Waals surface area contributed by atoms with Crippen molar-refractivity contribution in [2.75, 3.05) is 0 Å². The molecule has 0 aromatic heterocycles. The Kier molecular flexibility index (Phi) is 2.69. The summed E-state index contributed by atoms with van der Waals surface area (Å²) in [6, 6.07) is 0. The molecule has 2 heteroatoms. The maximum atomic E-state index is 11.0. The normalized spacial score (nSPS) is 19.2. The van der Waals surface area contributed by atoms with Crippen molar-refractivity contribution in [2.24, 2.45) is 0 Å². The van der Waals surface area contributed by atoms with Crippen LogP contribution in [0.1, 0.15) is 39.0 Å². The maximum absolute atomic E-state index is 11.0. The fourth-order valence-electron chi connectivity index (χ4n) is 1.44. The molecule has 0 unspecified atom stereocenters. The first kappa shape index (κ1) is 8.31. The van der Waals surface area contributed by atoms with Crippen LogP contribution in [0.15, 0.2) is 11.3 Å². The minimum absolute atomic E-state index is 0.0538. The molecular weight excluding hydrogens is 140 g/mol. The Morgan fingerprint density at radius 1 is 1.45 bits per heavy atom. The van der Waals surface area contributed by atoms with Crippen LogP contribution in [0, 0.1) is 0 Å². The molecule has 0 atom stereocenters. The van der Waals surface area contributed by atoms with E-state index in [1.165, 1.54) is 0 Å². The van der Waals surface area contributed by atoms with Crippen LogP contribution in [0.3, 0.4) is 0 Å². The summed E-state index contributed by atoms with van der Waals surface area (Å²) in [5.74, 6) is -0.0159. The first-order valence-corrected chi connectivity index (χ1v) is 4.20. The van der Waals surface area contributed by atoms with Gasteiger partial charge in [-0.15, -0.1) is 0 Å². The molecule has 11 heavy (non-hydrogen) atoms. The molecule has 0 fully saturated rings. The van der Waals surface area contributed by atoms with E-state index in [0.717, 1.165) is 31.3 Å². The van der Waals surface area contributed by atoms with Gasteiger partial charge in [0.15, 0.2) is 11.5 Å². The van der Waals surface area contributed by atoms with Gasteiger partial charge in [-0.05, 0) is 24.8 Å². The zero-order chi connectivity index (χ0) is 8.27. The Morgan fingerprint density at radius 3 is 2.82 bits per heavy atom. The van der Waals surface area contributed by atoms with Crippen LogP contribution >= 0.6 is 0 Å². The van der Waals surface area contributed by atoms with Crippen molar-refractivity contribution in [1.82, 2.24) is 0 Å². The average molecular weight is 154 g/mol. The highest BCUT2D eigenvalue weighted by Crippen LogP contribution is 2.23. The highest BCUT2D eigenvalue weighted by molar-refractivity contribution is 5.94. The number of aliphatic hydroxyl groups excluding tert-OH is 1. The summed E-state index contributed by atoms with van der Waals surface area (Å²) in [6.45, 7) is 2.05. The molecular formula is C9H14O2. The number of ketones is 1. The van der Waals surface area contributed by atoms with Gasteiger partial charge in [0.05, 0.1) is 0 Å². The molecule has 1 aliphatic rings. The number of aliphatic hydroxyl groups is 1. The number of Topliss-reactive ketones (excluding diaryl/α,β-unsaturated/α-hetero) is 1. The second kappa shape index (κ2) is 3.56. The van der Waals surface area contributed by atoms with Gasteiger partial charge >= 0.3 is 0 Å². The predicted molar refractivity (Wildman–Crippen MR) is 43.4 cm³/mol. The average Bonchev–Trinajstić information content (AvgIpc) is 1.99. The molecule has 62 valence electrons. The minimum atomic E-state index is -0.0697. The number of carbonyl (C=O) groups excluding carboxylic acids is 1. The van der Waals surface area contributed by atoms with Crippen molar-refractivity contribution in [3.8, 4) is 0 Å². The molecule has 0 heterocycles. The van der Waals surface area contributed by atoms with Gasteiger partial charge < -0.3 is 5.11 Å². The van der Waals surface area contributed by atoms with E-state index in [4.69, 9.17) is 0 Å². The second-order valence-corrected chi connectivity index (χ2v) is 2.98. The van der Waals surface area contributed by atoms with Gasteiger partial charge in [0.1, 0.15) is 0 Å². The van der Waals surface area contributed by atoms with Gasteiger partial charge in [0.25, 0.3) is 0 Å². The molecule has 2 nitrogen and oxygen atoms in total. The third-order valence-electron chi connectivity index (χ3n) is 2.03. The summed E-state index contributed by atoms with van der Waals surface area (Å²) in [5, 5.41) is 9.30. The number of hydrogen-bond donors (Lipinski definition) is 1. The zero-order valence-corrected chi connectivity index (χ0v) is 6.89.